The lowest BCUT2D eigenvalue weighted by atomic mass is 10.1. The van der Waals surface area contributed by atoms with Crippen LogP contribution in [-0.4, -0.2) is 49.2 Å². The van der Waals surface area contributed by atoms with Gasteiger partial charge in [0.15, 0.2) is 11.4 Å². The molecule has 1 aromatic carbocycles. The number of halogens is 11. The van der Waals surface area contributed by atoms with E-state index in [9.17, 15) is 54.0 Å². The zero-order valence-corrected chi connectivity index (χ0v) is 20.8. The van der Waals surface area contributed by atoms with Crippen molar-refractivity contribution < 1.29 is 53.4 Å². The number of carbonyl (C=O) groups excluding carboxylic acids is 1. The first-order chi connectivity index (χ1) is 18.7. The van der Waals surface area contributed by atoms with Crippen molar-refractivity contribution in [2.45, 2.75) is 42.8 Å². The van der Waals surface area contributed by atoms with Gasteiger partial charge in [0.05, 0.1) is 22.9 Å². The van der Waals surface area contributed by atoms with Gasteiger partial charge in [0.25, 0.3) is 11.8 Å². The summed E-state index contributed by atoms with van der Waals surface area (Å²) in [5, 5.41) is 18.3. The number of aryl methyl sites for hydroxylation is 1. The molecule has 4 rings (SSSR count). The average Bonchev–Trinajstić information content (AvgIpc) is 3.29. The van der Waals surface area contributed by atoms with Crippen molar-refractivity contribution in [3.8, 4) is 28.9 Å². The Morgan fingerprint density at radius 3 is 2.27 bits per heavy atom. The second-order valence-electron chi connectivity index (χ2n) is 8.83. The molecule has 1 aliphatic carbocycles. The number of nitrogens with zero attached hydrogens (tertiary/aromatic N) is 5. The van der Waals surface area contributed by atoms with Gasteiger partial charge in [-0.15, -0.1) is 5.10 Å². The van der Waals surface area contributed by atoms with E-state index in [4.69, 9.17) is 11.6 Å². The van der Waals surface area contributed by atoms with Gasteiger partial charge in [-0.3, -0.25) is 4.79 Å². The van der Waals surface area contributed by atoms with E-state index in [1.807, 2.05) is 6.07 Å². The smallest absolute Gasteiger partial charge is 0.407 e. The summed E-state index contributed by atoms with van der Waals surface area (Å²) in [6.07, 6.45) is -16.3. The molecule has 1 amide bonds. The highest BCUT2D eigenvalue weighted by Crippen LogP contribution is 2.49. The van der Waals surface area contributed by atoms with Crippen LogP contribution in [0.15, 0.2) is 30.6 Å². The highest BCUT2D eigenvalue weighted by Gasteiger charge is 2.76. The van der Waals surface area contributed by atoms with E-state index in [1.54, 1.807) is 0 Å². The van der Waals surface area contributed by atoms with Gasteiger partial charge >= 0.3 is 24.4 Å². The number of carbonyl (C=O) groups is 1. The summed E-state index contributed by atoms with van der Waals surface area (Å²) >= 11 is 6.08. The Balaban J connectivity index is 1.73. The molecule has 0 spiro atoms. The summed E-state index contributed by atoms with van der Waals surface area (Å²) < 4.78 is 137. The maximum absolute atomic E-state index is 13.9. The Labute approximate surface area is 227 Å². The first kappa shape index (κ1) is 30.0. The fourth-order valence-electron chi connectivity index (χ4n) is 3.56. The van der Waals surface area contributed by atoms with E-state index < -0.39 is 53.1 Å². The van der Waals surface area contributed by atoms with E-state index in [0.717, 1.165) is 19.4 Å². The Hall–Kier alpha value is -4.01. The topological polar surface area (TPSA) is 97.8 Å². The van der Waals surface area contributed by atoms with Crippen molar-refractivity contribution in [1.29, 1.82) is 5.26 Å². The lowest BCUT2D eigenvalue weighted by molar-refractivity contribution is -0.403. The SMILES string of the molecule is Cn1nc(OC(F)(F)C(F)(F)C(F)(F)F)c(C(F)(F)F)c1-n1cc(-c2ccc(Cl)c(C(=O)NC3(C#N)CC3)c2)cn1. The molecule has 1 fully saturated rings. The minimum atomic E-state index is -6.87. The summed E-state index contributed by atoms with van der Waals surface area (Å²) in [6.45, 7) is 0. The number of amides is 1. The van der Waals surface area contributed by atoms with Crippen molar-refractivity contribution >= 4 is 17.5 Å². The molecule has 0 radical (unpaired) electrons. The fourth-order valence-corrected chi connectivity index (χ4v) is 3.77. The monoisotopic (exact) mass is 618 g/mol. The largest absolute Gasteiger partial charge is 0.475 e. The minimum absolute atomic E-state index is 0.0304. The molecular weight excluding hydrogens is 606 g/mol. The second-order valence-corrected chi connectivity index (χ2v) is 9.24. The molecule has 2 aromatic heterocycles. The van der Waals surface area contributed by atoms with Crippen molar-refractivity contribution in [1.82, 2.24) is 24.9 Å². The molecule has 0 saturated heterocycles. The molecule has 0 bridgehead atoms. The number of hydrogen-bond donors (Lipinski definition) is 1. The molecule has 19 heteroatoms. The van der Waals surface area contributed by atoms with Crippen LogP contribution in [0.2, 0.25) is 5.02 Å². The lowest BCUT2D eigenvalue weighted by Crippen LogP contribution is -2.55. The molecule has 1 N–H and O–H groups in total. The molecule has 0 aliphatic heterocycles. The zero-order valence-electron chi connectivity index (χ0n) is 20.0. The van der Waals surface area contributed by atoms with Crippen molar-refractivity contribution in [2.75, 3.05) is 0 Å². The number of aromatic nitrogens is 4. The average molecular weight is 619 g/mol. The summed E-state index contributed by atoms with van der Waals surface area (Å²) in [5.74, 6) is -11.0. The molecule has 0 unspecified atom stereocenters. The molecule has 1 aliphatic rings. The normalized spacial score (nSPS) is 15.4. The predicted molar refractivity (Wildman–Crippen MR) is 117 cm³/mol. The second kappa shape index (κ2) is 9.53. The third-order valence-electron chi connectivity index (χ3n) is 5.88. The molecule has 2 heterocycles. The van der Waals surface area contributed by atoms with Crippen LogP contribution in [0.4, 0.5) is 43.9 Å². The zero-order chi connectivity index (χ0) is 30.8. The van der Waals surface area contributed by atoms with Crippen LogP contribution in [0.5, 0.6) is 5.88 Å². The number of hydrogen-bond acceptors (Lipinski definition) is 5. The number of rotatable bonds is 7. The van der Waals surface area contributed by atoms with Crippen LogP contribution >= 0.6 is 11.6 Å². The number of nitriles is 1. The molecular formula is C22H13ClF10N6O2. The van der Waals surface area contributed by atoms with Gasteiger partial charge < -0.3 is 10.1 Å². The number of benzene rings is 1. The van der Waals surface area contributed by atoms with Gasteiger partial charge in [0, 0.05) is 18.8 Å². The molecule has 1 saturated carbocycles. The van der Waals surface area contributed by atoms with E-state index >= 15 is 0 Å². The maximum atomic E-state index is 13.9. The Morgan fingerprint density at radius 1 is 1.10 bits per heavy atom. The highest BCUT2D eigenvalue weighted by atomic mass is 35.5. The van der Waals surface area contributed by atoms with Crippen molar-refractivity contribution in [2.24, 2.45) is 7.05 Å². The third-order valence-corrected chi connectivity index (χ3v) is 6.21. The Bertz CT molecular complexity index is 1550. The van der Waals surface area contributed by atoms with Crippen LogP contribution in [-0.2, 0) is 13.2 Å². The molecule has 0 atom stereocenters. The third kappa shape index (κ3) is 5.37. The van der Waals surface area contributed by atoms with Gasteiger partial charge in [-0.05, 0) is 30.5 Å². The van der Waals surface area contributed by atoms with E-state index in [0.29, 0.717) is 17.5 Å². The fraction of sp³-hybridized carbons (Fsp3) is 0.364. The van der Waals surface area contributed by atoms with E-state index in [-0.39, 0.29) is 26.4 Å². The van der Waals surface area contributed by atoms with Gasteiger partial charge in [-0.1, -0.05) is 17.7 Å². The first-order valence-corrected chi connectivity index (χ1v) is 11.3. The Kier molecular flexibility index (Phi) is 6.97. The summed E-state index contributed by atoms with van der Waals surface area (Å²) in [6, 6.07) is 5.80. The summed E-state index contributed by atoms with van der Waals surface area (Å²) in [7, 11) is 0.743. The first-order valence-electron chi connectivity index (χ1n) is 11.0. The Morgan fingerprint density at radius 2 is 1.73 bits per heavy atom. The molecule has 3 aromatic rings. The van der Waals surface area contributed by atoms with Crippen LogP contribution < -0.4 is 10.1 Å². The molecule has 8 nitrogen and oxygen atoms in total. The quantitative estimate of drug-likeness (QED) is 0.333. The van der Waals surface area contributed by atoms with Crippen molar-refractivity contribution in [3.05, 3.63) is 46.7 Å². The molecule has 220 valence electrons. The predicted octanol–water partition coefficient (Wildman–Crippen LogP) is 5.90. The summed E-state index contributed by atoms with van der Waals surface area (Å²) in [5.41, 5.74) is -3.18. The van der Waals surface area contributed by atoms with E-state index in [1.165, 1.54) is 18.2 Å². The standard InChI is InChI=1S/C22H13ClF10N6O2/c1-38-17(14(19(24,25)26)16(37-38)41-22(32,33)20(27,28)21(29,30)31)39-8-11(7-35-39)10-2-3-13(23)12(6-10)15(40)36-18(9-34)4-5-18/h2-3,6-8H,4-5H2,1H3,(H,36,40). The van der Waals surface area contributed by atoms with Gasteiger partial charge in [-0.25, -0.2) is 9.36 Å². The number of ether oxygens (including phenoxy) is 1. The van der Waals surface area contributed by atoms with Crippen LogP contribution in [0.1, 0.15) is 28.8 Å². The van der Waals surface area contributed by atoms with Gasteiger partial charge in [0.1, 0.15) is 5.54 Å². The number of alkyl halides is 10. The van der Waals surface area contributed by atoms with E-state index in [2.05, 4.69) is 20.3 Å². The van der Waals surface area contributed by atoms with Gasteiger partial charge in [-0.2, -0.15) is 54.3 Å². The maximum Gasteiger partial charge on any atom is 0.475 e. The number of nitrogens with one attached hydrogen (secondary N) is 1. The molecule has 41 heavy (non-hydrogen) atoms. The van der Waals surface area contributed by atoms with Crippen LogP contribution in [0.25, 0.3) is 16.9 Å². The van der Waals surface area contributed by atoms with Gasteiger partial charge in [0.2, 0.25) is 0 Å². The van der Waals surface area contributed by atoms with Crippen LogP contribution in [0.3, 0.4) is 0 Å². The summed E-state index contributed by atoms with van der Waals surface area (Å²) in [4.78, 5) is 12.6. The van der Waals surface area contributed by atoms with Crippen molar-refractivity contribution in [3.63, 3.8) is 0 Å². The lowest BCUT2D eigenvalue weighted by Gasteiger charge is -2.27. The highest BCUT2D eigenvalue weighted by molar-refractivity contribution is 6.34. The minimum Gasteiger partial charge on any atom is -0.407 e. The van der Waals surface area contributed by atoms with Crippen LogP contribution in [0, 0.1) is 11.3 Å².